The molecule has 2 rings (SSSR count). The summed E-state index contributed by atoms with van der Waals surface area (Å²) in [5.74, 6) is 0.178. The van der Waals surface area contributed by atoms with Crippen molar-refractivity contribution in [2.75, 3.05) is 11.9 Å². The maximum atomic E-state index is 12.0. The number of nitrogens with zero attached hydrogens (tertiary/aromatic N) is 1. The Kier molecular flexibility index (Phi) is 4.57. The van der Waals surface area contributed by atoms with Crippen LogP contribution in [0.1, 0.15) is 36.2 Å². The van der Waals surface area contributed by atoms with Gasteiger partial charge in [-0.15, -0.1) is 0 Å². The minimum Gasteiger partial charge on any atom is -0.344 e. The molecule has 0 saturated carbocycles. The van der Waals surface area contributed by atoms with E-state index in [1.54, 1.807) is 0 Å². The number of aryl methyl sites for hydroxylation is 1. The topological polar surface area (TPSA) is 20.3 Å². The average molecular weight is 267 g/mol. The van der Waals surface area contributed by atoms with Gasteiger partial charge in [0.05, 0.1) is 5.69 Å². The first-order chi connectivity index (χ1) is 9.67. The maximum absolute atomic E-state index is 12.0. The predicted octanol–water partition coefficient (Wildman–Crippen LogP) is 4.61. The van der Waals surface area contributed by atoms with Crippen LogP contribution in [0.15, 0.2) is 48.5 Å². The van der Waals surface area contributed by atoms with Crippen molar-refractivity contribution in [1.29, 1.82) is 0 Å². The van der Waals surface area contributed by atoms with Crippen LogP contribution in [-0.4, -0.2) is 12.8 Å². The largest absolute Gasteiger partial charge is 0.344 e. The molecular weight excluding hydrogens is 246 g/mol. The van der Waals surface area contributed by atoms with Gasteiger partial charge in [0.2, 0.25) is 0 Å². The molecule has 0 fully saturated rings. The molecular formula is C18H21NO. The fourth-order valence-corrected chi connectivity index (χ4v) is 2.29. The Morgan fingerprint density at radius 2 is 1.65 bits per heavy atom. The Morgan fingerprint density at radius 1 is 1.00 bits per heavy atom. The lowest BCUT2D eigenvalue weighted by molar-refractivity contribution is 0.0989. The molecule has 0 aliphatic rings. The van der Waals surface area contributed by atoms with Crippen LogP contribution in [0.5, 0.6) is 0 Å². The van der Waals surface area contributed by atoms with E-state index in [1.807, 2.05) is 38.2 Å². The Morgan fingerprint density at radius 3 is 2.25 bits per heavy atom. The number of anilines is 2. The van der Waals surface area contributed by atoms with Gasteiger partial charge in [-0.1, -0.05) is 38.1 Å². The molecule has 0 bridgehead atoms. The molecule has 0 N–H and O–H groups in total. The Bertz CT molecular complexity index is 587. The monoisotopic (exact) mass is 267 g/mol. The van der Waals surface area contributed by atoms with Crippen molar-refractivity contribution >= 4 is 17.2 Å². The van der Waals surface area contributed by atoms with Crippen LogP contribution in [0.3, 0.4) is 0 Å². The van der Waals surface area contributed by atoms with Gasteiger partial charge in [-0.2, -0.15) is 0 Å². The Balaban J connectivity index is 2.37. The summed E-state index contributed by atoms with van der Waals surface area (Å²) < 4.78 is 0. The molecule has 2 heteroatoms. The number of ketones is 1. The lowest BCUT2D eigenvalue weighted by Gasteiger charge is -2.22. The van der Waals surface area contributed by atoms with E-state index in [0.717, 1.165) is 23.4 Å². The van der Waals surface area contributed by atoms with Crippen molar-refractivity contribution in [1.82, 2.24) is 0 Å². The van der Waals surface area contributed by atoms with E-state index in [-0.39, 0.29) is 5.78 Å². The number of para-hydroxylation sites is 1. The van der Waals surface area contributed by atoms with Gasteiger partial charge in [0.1, 0.15) is 0 Å². The zero-order valence-corrected chi connectivity index (χ0v) is 12.4. The summed E-state index contributed by atoms with van der Waals surface area (Å²) in [4.78, 5) is 14.1. The normalized spacial score (nSPS) is 10.3. The first-order valence-electron chi connectivity index (χ1n) is 7.12. The smallest absolute Gasteiger partial charge is 0.164 e. The van der Waals surface area contributed by atoms with Crippen molar-refractivity contribution in [3.8, 4) is 0 Å². The maximum Gasteiger partial charge on any atom is 0.164 e. The van der Waals surface area contributed by atoms with Gasteiger partial charge in [0.25, 0.3) is 0 Å². The van der Waals surface area contributed by atoms with E-state index in [4.69, 9.17) is 0 Å². The SMILES string of the molecule is CCC(=O)c1ccccc1N(C)c1ccc(CC)cc1. The van der Waals surface area contributed by atoms with Crippen molar-refractivity contribution in [2.45, 2.75) is 26.7 Å². The molecule has 20 heavy (non-hydrogen) atoms. The highest BCUT2D eigenvalue weighted by Gasteiger charge is 2.13. The number of rotatable bonds is 5. The molecule has 0 heterocycles. The number of Topliss-reactive ketones (excluding diaryl/α,β-unsaturated/α-hetero) is 1. The Hall–Kier alpha value is -2.09. The second-order valence-corrected chi connectivity index (χ2v) is 4.87. The lowest BCUT2D eigenvalue weighted by atomic mass is 10.1. The average Bonchev–Trinajstić information content (AvgIpc) is 2.53. The third kappa shape index (κ3) is 2.90. The van der Waals surface area contributed by atoms with E-state index in [2.05, 4.69) is 36.1 Å². The van der Waals surface area contributed by atoms with Gasteiger partial charge in [0.15, 0.2) is 5.78 Å². The summed E-state index contributed by atoms with van der Waals surface area (Å²) in [5.41, 5.74) is 4.17. The minimum atomic E-state index is 0.178. The van der Waals surface area contributed by atoms with Gasteiger partial charge < -0.3 is 4.90 Å². The summed E-state index contributed by atoms with van der Waals surface area (Å²) in [6, 6.07) is 16.3. The Labute approximate surface area is 121 Å². The minimum absolute atomic E-state index is 0.178. The molecule has 0 amide bonds. The molecule has 0 unspecified atom stereocenters. The van der Waals surface area contributed by atoms with E-state index < -0.39 is 0 Å². The highest BCUT2D eigenvalue weighted by Crippen LogP contribution is 2.28. The highest BCUT2D eigenvalue weighted by molar-refractivity contribution is 6.01. The fraction of sp³-hybridized carbons (Fsp3) is 0.278. The summed E-state index contributed by atoms with van der Waals surface area (Å²) in [7, 11) is 2.00. The molecule has 0 aliphatic heterocycles. The van der Waals surface area contributed by atoms with Crippen molar-refractivity contribution in [2.24, 2.45) is 0 Å². The summed E-state index contributed by atoms with van der Waals surface area (Å²) >= 11 is 0. The van der Waals surface area contributed by atoms with Crippen LogP contribution in [0, 0.1) is 0 Å². The summed E-state index contributed by atoms with van der Waals surface area (Å²) in [5, 5.41) is 0. The van der Waals surface area contributed by atoms with Crippen molar-refractivity contribution in [3.63, 3.8) is 0 Å². The summed E-state index contributed by atoms with van der Waals surface area (Å²) in [6.07, 6.45) is 1.56. The zero-order chi connectivity index (χ0) is 14.5. The molecule has 0 radical (unpaired) electrons. The highest BCUT2D eigenvalue weighted by atomic mass is 16.1. The van der Waals surface area contributed by atoms with E-state index in [0.29, 0.717) is 6.42 Å². The molecule has 2 aromatic rings. The second kappa shape index (κ2) is 6.38. The molecule has 0 spiro atoms. The third-order valence-corrected chi connectivity index (χ3v) is 3.62. The number of carbonyl (C=O) groups excluding carboxylic acids is 1. The van der Waals surface area contributed by atoms with Gasteiger partial charge in [-0.3, -0.25) is 4.79 Å². The number of benzene rings is 2. The van der Waals surface area contributed by atoms with Gasteiger partial charge in [0, 0.05) is 24.7 Å². The van der Waals surface area contributed by atoms with Crippen LogP contribution in [-0.2, 0) is 6.42 Å². The zero-order valence-electron chi connectivity index (χ0n) is 12.4. The van der Waals surface area contributed by atoms with Gasteiger partial charge >= 0.3 is 0 Å². The molecule has 2 nitrogen and oxygen atoms in total. The number of hydrogen-bond donors (Lipinski definition) is 0. The van der Waals surface area contributed by atoms with E-state index >= 15 is 0 Å². The fourth-order valence-electron chi connectivity index (χ4n) is 2.29. The van der Waals surface area contributed by atoms with Crippen molar-refractivity contribution < 1.29 is 4.79 Å². The third-order valence-electron chi connectivity index (χ3n) is 3.62. The summed E-state index contributed by atoms with van der Waals surface area (Å²) in [6.45, 7) is 4.04. The molecule has 0 atom stereocenters. The number of hydrogen-bond acceptors (Lipinski definition) is 2. The first-order valence-corrected chi connectivity index (χ1v) is 7.12. The number of carbonyl (C=O) groups is 1. The van der Waals surface area contributed by atoms with Crippen LogP contribution in [0.4, 0.5) is 11.4 Å². The predicted molar refractivity (Wildman–Crippen MR) is 84.9 cm³/mol. The van der Waals surface area contributed by atoms with Crippen LogP contribution in [0.2, 0.25) is 0 Å². The first kappa shape index (κ1) is 14.3. The molecule has 0 aromatic heterocycles. The lowest BCUT2D eigenvalue weighted by Crippen LogP contribution is -2.13. The van der Waals surface area contributed by atoms with Crippen LogP contribution < -0.4 is 4.90 Å². The molecule has 0 saturated heterocycles. The quantitative estimate of drug-likeness (QED) is 0.737. The van der Waals surface area contributed by atoms with Gasteiger partial charge in [-0.25, -0.2) is 0 Å². The van der Waals surface area contributed by atoms with Crippen LogP contribution >= 0.6 is 0 Å². The van der Waals surface area contributed by atoms with E-state index in [1.165, 1.54) is 5.56 Å². The second-order valence-electron chi connectivity index (χ2n) is 4.87. The standard InChI is InChI=1S/C18H21NO/c1-4-14-10-12-15(13-11-14)19(3)17-9-7-6-8-16(17)18(20)5-2/h6-13H,4-5H2,1-3H3. The molecule has 2 aromatic carbocycles. The van der Waals surface area contributed by atoms with Crippen LogP contribution in [0.25, 0.3) is 0 Å². The molecule has 104 valence electrons. The molecule has 0 aliphatic carbocycles. The van der Waals surface area contributed by atoms with E-state index in [9.17, 15) is 4.79 Å². The van der Waals surface area contributed by atoms with Crippen molar-refractivity contribution in [3.05, 3.63) is 59.7 Å². The van der Waals surface area contributed by atoms with Gasteiger partial charge in [-0.05, 0) is 36.2 Å².